The van der Waals surface area contributed by atoms with Gasteiger partial charge in [0.1, 0.15) is 4.90 Å². The van der Waals surface area contributed by atoms with Crippen LogP contribution in [-0.2, 0) is 10.0 Å². The van der Waals surface area contributed by atoms with Gasteiger partial charge in [0.15, 0.2) is 11.6 Å². The summed E-state index contributed by atoms with van der Waals surface area (Å²) in [7, 11) is -4.38. The number of benzene rings is 2. The van der Waals surface area contributed by atoms with Crippen molar-refractivity contribution in [1.29, 1.82) is 0 Å². The van der Waals surface area contributed by atoms with Crippen LogP contribution in [0.25, 0.3) is 0 Å². The lowest BCUT2D eigenvalue weighted by atomic mass is 10.3. The Morgan fingerprint density at radius 3 is 2.52 bits per heavy atom. The minimum atomic E-state index is -4.38. The molecule has 2 aromatic carbocycles. The Balaban J connectivity index is 2.51. The van der Waals surface area contributed by atoms with Crippen molar-refractivity contribution in [3.63, 3.8) is 0 Å². The average Bonchev–Trinajstić information content (AvgIpc) is 2.37. The number of hydrogen-bond donors (Lipinski definition) is 2. The smallest absolute Gasteiger partial charge is 0.265 e. The molecule has 21 heavy (non-hydrogen) atoms. The second-order valence-electron chi connectivity index (χ2n) is 4.04. The number of halogens is 4. The van der Waals surface area contributed by atoms with E-state index in [9.17, 15) is 17.2 Å². The van der Waals surface area contributed by atoms with Gasteiger partial charge >= 0.3 is 0 Å². The van der Waals surface area contributed by atoms with Gasteiger partial charge in [0.05, 0.1) is 10.7 Å². The topological polar surface area (TPSA) is 72.2 Å². The number of nitrogens with one attached hydrogen (secondary N) is 1. The van der Waals surface area contributed by atoms with E-state index in [2.05, 4.69) is 20.7 Å². The number of nitrogen functional groups attached to an aromatic ring is 1. The summed E-state index contributed by atoms with van der Waals surface area (Å²) < 4.78 is 53.9. The van der Waals surface area contributed by atoms with Crippen LogP contribution in [0.4, 0.5) is 20.2 Å². The van der Waals surface area contributed by atoms with E-state index in [1.165, 1.54) is 12.1 Å². The first kappa shape index (κ1) is 16.0. The number of anilines is 2. The molecular weight excluding hydrogens is 390 g/mol. The van der Waals surface area contributed by atoms with Gasteiger partial charge in [-0.1, -0.05) is 27.5 Å². The third-order valence-corrected chi connectivity index (χ3v) is 4.67. The van der Waals surface area contributed by atoms with Crippen molar-refractivity contribution in [2.75, 3.05) is 10.5 Å². The third-order valence-electron chi connectivity index (χ3n) is 2.48. The summed E-state index contributed by atoms with van der Waals surface area (Å²) >= 11 is 9.00. The maximum Gasteiger partial charge on any atom is 0.265 e. The van der Waals surface area contributed by atoms with Crippen LogP contribution in [0.5, 0.6) is 0 Å². The molecule has 0 radical (unpaired) electrons. The Bertz CT molecular complexity index is 815. The summed E-state index contributed by atoms with van der Waals surface area (Å²) in [5.41, 5.74) is 5.15. The molecule has 0 saturated heterocycles. The lowest BCUT2D eigenvalue weighted by molar-refractivity contribution is 0.486. The van der Waals surface area contributed by atoms with Crippen LogP contribution < -0.4 is 10.5 Å². The highest BCUT2D eigenvalue weighted by Crippen LogP contribution is 2.29. The van der Waals surface area contributed by atoms with Crippen molar-refractivity contribution < 1.29 is 17.2 Å². The fourth-order valence-corrected chi connectivity index (χ4v) is 3.33. The molecule has 3 N–H and O–H groups in total. The molecule has 0 fully saturated rings. The molecule has 2 rings (SSSR count). The zero-order chi connectivity index (χ0) is 15.8. The number of hydrogen-bond acceptors (Lipinski definition) is 3. The van der Waals surface area contributed by atoms with Crippen molar-refractivity contribution in [2.45, 2.75) is 4.90 Å². The lowest BCUT2D eigenvalue weighted by Crippen LogP contribution is -2.16. The molecule has 112 valence electrons. The normalized spacial score (nSPS) is 11.4. The zero-order valence-corrected chi connectivity index (χ0v) is 13.4. The van der Waals surface area contributed by atoms with Gasteiger partial charge < -0.3 is 5.73 Å². The molecule has 0 aliphatic heterocycles. The van der Waals surface area contributed by atoms with Gasteiger partial charge in [-0.2, -0.15) is 0 Å². The first-order valence-corrected chi connectivity index (χ1v) is 8.08. The Hall–Kier alpha value is -1.38. The van der Waals surface area contributed by atoms with Crippen molar-refractivity contribution >= 4 is 48.9 Å². The summed E-state index contributed by atoms with van der Waals surface area (Å²) in [5, 5.41) is 0.103. The molecule has 4 nitrogen and oxygen atoms in total. The first-order valence-electron chi connectivity index (χ1n) is 5.43. The highest BCUT2D eigenvalue weighted by Gasteiger charge is 2.23. The third kappa shape index (κ3) is 3.45. The molecule has 0 atom stereocenters. The molecule has 2 aromatic rings. The average molecular weight is 398 g/mol. The number of nitrogens with two attached hydrogens (primary N) is 1. The van der Waals surface area contributed by atoms with E-state index < -0.39 is 26.6 Å². The molecule has 0 saturated carbocycles. The first-order chi connectivity index (χ1) is 9.70. The summed E-state index contributed by atoms with van der Waals surface area (Å²) in [6, 6.07) is 5.95. The minimum absolute atomic E-state index is 0.0216. The second-order valence-corrected chi connectivity index (χ2v) is 7.02. The fraction of sp³-hybridized carbons (Fsp3) is 0. The minimum Gasteiger partial charge on any atom is -0.399 e. The van der Waals surface area contributed by atoms with Crippen molar-refractivity contribution in [3.05, 3.63) is 51.5 Å². The predicted octanol–water partition coefficient (Wildman–Crippen LogP) is 3.76. The van der Waals surface area contributed by atoms with Crippen LogP contribution in [-0.4, -0.2) is 8.42 Å². The molecule has 9 heteroatoms. The van der Waals surface area contributed by atoms with E-state index >= 15 is 0 Å². The van der Waals surface area contributed by atoms with E-state index in [4.69, 9.17) is 17.3 Å². The van der Waals surface area contributed by atoms with Crippen molar-refractivity contribution in [3.8, 4) is 0 Å². The molecule has 0 bridgehead atoms. The van der Waals surface area contributed by atoms with Crippen molar-refractivity contribution in [2.24, 2.45) is 0 Å². The zero-order valence-electron chi connectivity index (χ0n) is 10.2. The fourth-order valence-electron chi connectivity index (χ4n) is 1.55. The van der Waals surface area contributed by atoms with Gasteiger partial charge in [-0.25, -0.2) is 17.2 Å². The highest BCUT2D eigenvalue weighted by molar-refractivity contribution is 9.10. The SMILES string of the molecule is Nc1cc(F)c(F)c(S(=O)(=O)Nc2cc(Br)ccc2Cl)c1. The largest absolute Gasteiger partial charge is 0.399 e. The summed E-state index contributed by atoms with van der Waals surface area (Å²) in [6.07, 6.45) is 0. The molecule has 0 heterocycles. The summed E-state index contributed by atoms with van der Waals surface area (Å²) in [6.45, 7) is 0. The van der Waals surface area contributed by atoms with Gasteiger partial charge in [0, 0.05) is 10.2 Å². The molecule has 0 aromatic heterocycles. The molecule has 0 aliphatic carbocycles. The molecule has 0 unspecified atom stereocenters. The monoisotopic (exact) mass is 396 g/mol. The van der Waals surface area contributed by atoms with Gasteiger partial charge in [-0.05, 0) is 30.3 Å². The van der Waals surface area contributed by atoms with Crippen LogP contribution >= 0.6 is 27.5 Å². The molecular formula is C12H8BrClF2N2O2S. The van der Waals surface area contributed by atoms with Crippen LogP contribution in [0.2, 0.25) is 5.02 Å². The second kappa shape index (κ2) is 5.78. The molecule has 0 spiro atoms. The highest BCUT2D eigenvalue weighted by atomic mass is 79.9. The number of rotatable bonds is 3. The Morgan fingerprint density at radius 1 is 1.19 bits per heavy atom. The molecule has 0 amide bonds. The maximum absolute atomic E-state index is 13.7. The lowest BCUT2D eigenvalue weighted by Gasteiger charge is -2.11. The van der Waals surface area contributed by atoms with Crippen molar-refractivity contribution in [1.82, 2.24) is 0 Å². The van der Waals surface area contributed by atoms with Gasteiger partial charge in [0.2, 0.25) is 0 Å². The Kier molecular flexibility index (Phi) is 4.40. The van der Waals surface area contributed by atoms with Gasteiger partial charge in [-0.15, -0.1) is 0 Å². The van der Waals surface area contributed by atoms with E-state index in [1.807, 2.05) is 0 Å². The molecule has 0 aliphatic rings. The van der Waals surface area contributed by atoms with Gasteiger partial charge in [0.25, 0.3) is 10.0 Å². The predicted molar refractivity (Wildman–Crippen MR) is 80.7 cm³/mol. The number of sulfonamides is 1. The Labute approximate surface area is 133 Å². The summed E-state index contributed by atoms with van der Waals surface area (Å²) in [4.78, 5) is -0.893. The van der Waals surface area contributed by atoms with E-state index in [-0.39, 0.29) is 16.4 Å². The van der Waals surface area contributed by atoms with Crippen LogP contribution in [0, 0.1) is 11.6 Å². The van der Waals surface area contributed by atoms with Crippen LogP contribution in [0.15, 0.2) is 39.7 Å². The quantitative estimate of drug-likeness (QED) is 0.775. The van der Waals surface area contributed by atoms with E-state index in [0.717, 1.165) is 6.07 Å². The van der Waals surface area contributed by atoms with E-state index in [0.29, 0.717) is 10.5 Å². The van der Waals surface area contributed by atoms with E-state index in [1.54, 1.807) is 6.07 Å². The summed E-state index contributed by atoms with van der Waals surface area (Å²) in [5.74, 6) is -2.86. The van der Waals surface area contributed by atoms with Crippen LogP contribution in [0.3, 0.4) is 0 Å². The standard InChI is InChI=1S/C12H8BrClF2N2O2S/c13-6-1-2-8(14)10(3-6)18-21(19,20)11-5-7(17)4-9(15)12(11)16/h1-5,18H,17H2. The van der Waals surface area contributed by atoms with Gasteiger partial charge in [-0.3, -0.25) is 4.72 Å². The van der Waals surface area contributed by atoms with Crippen LogP contribution in [0.1, 0.15) is 0 Å². The maximum atomic E-state index is 13.7. The Morgan fingerprint density at radius 2 is 1.86 bits per heavy atom.